The minimum absolute atomic E-state index is 0.232. The molecule has 4 rings (SSSR count). The first kappa shape index (κ1) is 20.5. The van der Waals surface area contributed by atoms with Crippen molar-refractivity contribution in [3.8, 4) is 11.1 Å². The lowest BCUT2D eigenvalue weighted by Gasteiger charge is -2.17. The second-order valence-electron chi connectivity index (χ2n) is 7.31. The molecule has 0 aliphatic carbocycles. The van der Waals surface area contributed by atoms with Gasteiger partial charge < -0.3 is 5.32 Å². The highest BCUT2D eigenvalue weighted by atomic mass is 19.1. The summed E-state index contributed by atoms with van der Waals surface area (Å²) >= 11 is 0. The van der Waals surface area contributed by atoms with E-state index in [-0.39, 0.29) is 11.5 Å². The number of aromatic nitrogens is 2. The highest BCUT2D eigenvalue weighted by Crippen LogP contribution is 2.25. The molecule has 31 heavy (non-hydrogen) atoms. The predicted octanol–water partition coefficient (Wildman–Crippen LogP) is 5.37. The number of nitrogens with one attached hydrogen (secondary N) is 1. The minimum atomic E-state index is -0.686. The number of nitrogens with zero attached hydrogens (tertiary/aromatic N) is 2. The van der Waals surface area contributed by atoms with Gasteiger partial charge in [0.05, 0.1) is 12.6 Å². The first-order valence-electron chi connectivity index (χ1n) is 9.93. The Bertz CT molecular complexity index is 1190. The molecule has 156 valence electrons. The number of rotatable bonds is 6. The summed E-state index contributed by atoms with van der Waals surface area (Å²) in [6.45, 7) is 2.33. The largest absolute Gasteiger partial charge is 0.345 e. The van der Waals surface area contributed by atoms with E-state index in [4.69, 9.17) is 0 Å². The molecule has 1 aromatic heterocycles. The Kier molecular flexibility index (Phi) is 5.89. The molecule has 0 saturated heterocycles. The topological polar surface area (TPSA) is 46.9 Å². The Morgan fingerprint density at radius 3 is 2.52 bits per heavy atom. The van der Waals surface area contributed by atoms with Crippen molar-refractivity contribution in [2.45, 2.75) is 19.5 Å². The Morgan fingerprint density at radius 1 is 1.03 bits per heavy atom. The smallest absolute Gasteiger partial charge is 0.252 e. The average Bonchev–Trinajstić information content (AvgIpc) is 3.27. The fraction of sp³-hybridized carbons (Fsp3) is 0.120. The summed E-state index contributed by atoms with van der Waals surface area (Å²) in [5.74, 6) is -1.66. The molecule has 4 aromatic rings. The maximum Gasteiger partial charge on any atom is 0.252 e. The van der Waals surface area contributed by atoms with Gasteiger partial charge in [0.15, 0.2) is 0 Å². The summed E-state index contributed by atoms with van der Waals surface area (Å²) in [5.41, 5.74) is 3.48. The van der Waals surface area contributed by atoms with E-state index < -0.39 is 17.7 Å². The molecule has 0 aliphatic rings. The molecule has 0 bridgehead atoms. The van der Waals surface area contributed by atoms with Gasteiger partial charge >= 0.3 is 0 Å². The van der Waals surface area contributed by atoms with Crippen molar-refractivity contribution < 1.29 is 13.6 Å². The van der Waals surface area contributed by atoms with Gasteiger partial charge in [0.1, 0.15) is 11.6 Å². The molecule has 1 N–H and O–H groups in total. The highest BCUT2D eigenvalue weighted by molar-refractivity contribution is 6.01. The second kappa shape index (κ2) is 8.92. The van der Waals surface area contributed by atoms with E-state index >= 15 is 0 Å². The van der Waals surface area contributed by atoms with Crippen LogP contribution in [0.4, 0.5) is 8.78 Å². The van der Waals surface area contributed by atoms with Crippen LogP contribution in [0.2, 0.25) is 0 Å². The molecule has 6 heteroatoms. The fourth-order valence-corrected chi connectivity index (χ4v) is 3.51. The van der Waals surface area contributed by atoms with Crippen LogP contribution in [-0.4, -0.2) is 15.7 Å². The maximum atomic E-state index is 14.1. The molecule has 1 atom stereocenters. The summed E-state index contributed by atoms with van der Waals surface area (Å²) in [5, 5.41) is 7.02. The highest BCUT2D eigenvalue weighted by Gasteiger charge is 2.18. The van der Waals surface area contributed by atoms with Crippen LogP contribution in [0.3, 0.4) is 0 Å². The summed E-state index contributed by atoms with van der Waals surface area (Å²) in [4.78, 5) is 13.0. The van der Waals surface area contributed by atoms with E-state index in [9.17, 15) is 13.6 Å². The second-order valence-corrected chi connectivity index (χ2v) is 7.31. The van der Waals surface area contributed by atoms with E-state index in [1.807, 2.05) is 53.3 Å². The monoisotopic (exact) mass is 417 g/mol. The van der Waals surface area contributed by atoms with Crippen LogP contribution in [0.5, 0.6) is 0 Å². The van der Waals surface area contributed by atoms with Crippen molar-refractivity contribution in [1.29, 1.82) is 0 Å². The number of hydrogen-bond acceptors (Lipinski definition) is 2. The van der Waals surface area contributed by atoms with Crippen molar-refractivity contribution in [3.63, 3.8) is 0 Å². The molecule has 0 spiro atoms. The number of carbonyl (C=O) groups excluding carboxylic acids is 1. The number of carbonyl (C=O) groups is 1. The summed E-state index contributed by atoms with van der Waals surface area (Å²) in [7, 11) is 0. The maximum absolute atomic E-state index is 14.1. The van der Waals surface area contributed by atoms with Crippen LogP contribution in [0.1, 0.15) is 34.5 Å². The first-order chi connectivity index (χ1) is 15.0. The molecule has 1 amide bonds. The molecule has 0 aliphatic heterocycles. The van der Waals surface area contributed by atoms with Gasteiger partial charge in [0.2, 0.25) is 0 Å². The van der Waals surface area contributed by atoms with Crippen LogP contribution in [0.25, 0.3) is 11.1 Å². The Balaban J connectivity index is 1.54. The third-order valence-corrected chi connectivity index (χ3v) is 5.12. The quantitative estimate of drug-likeness (QED) is 0.459. The Morgan fingerprint density at radius 2 is 1.81 bits per heavy atom. The lowest BCUT2D eigenvalue weighted by atomic mass is 9.97. The van der Waals surface area contributed by atoms with Crippen LogP contribution in [0.15, 0.2) is 85.2 Å². The van der Waals surface area contributed by atoms with Crippen molar-refractivity contribution in [1.82, 2.24) is 15.1 Å². The normalized spacial score (nSPS) is 11.8. The zero-order chi connectivity index (χ0) is 21.8. The number of hydrogen-bond donors (Lipinski definition) is 1. The van der Waals surface area contributed by atoms with Gasteiger partial charge in [0.25, 0.3) is 5.91 Å². The first-order valence-corrected chi connectivity index (χ1v) is 9.93. The van der Waals surface area contributed by atoms with E-state index in [0.29, 0.717) is 12.1 Å². The SMILES string of the molecule is C[C@H](NC(=O)c1ccccc1-c1ccc(Cn2cccn2)cc1)c1ccc(F)cc1F. The van der Waals surface area contributed by atoms with Crippen molar-refractivity contribution in [2.75, 3.05) is 0 Å². The van der Waals surface area contributed by atoms with E-state index in [1.54, 1.807) is 25.3 Å². The van der Waals surface area contributed by atoms with Gasteiger partial charge in [-0.1, -0.05) is 48.5 Å². The lowest BCUT2D eigenvalue weighted by Crippen LogP contribution is -2.27. The fourth-order valence-electron chi connectivity index (χ4n) is 3.51. The Hall–Kier alpha value is -3.80. The van der Waals surface area contributed by atoms with Crippen molar-refractivity contribution in [2.24, 2.45) is 0 Å². The zero-order valence-electron chi connectivity index (χ0n) is 16.9. The molecular formula is C25H21F2N3O. The van der Waals surface area contributed by atoms with Crippen molar-refractivity contribution >= 4 is 5.91 Å². The molecule has 0 saturated carbocycles. The predicted molar refractivity (Wildman–Crippen MR) is 115 cm³/mol. The standard InChI is InChI=1S/C25H21F2N3O/c1-17(21-12-11-20(26)15-24(21)27)29-25(31)23-6-3-2-5-22(23)19-9-7-18(8-10-19)16-30-14-4-13-28-30/h2-15,17H,16H2,1H3,(H,29,31)/t17-/m0/s1. The Labute approximate surface area is 179 Å². The molecule has 0 radical (unpaired) electrons. The zero-order valence-corrected chi connectivity index (χ0v) is 16.9. The van der Waals surface area contributed by atoms with Gasteiger partial charge in [-0.3, -0.25) is 9.48 Å². The minimum Gasteiger partial charge on any atom is -0.345 e. The summed E-state index contributed by atoms with van der Waals surface area (Å²) in [6, 6.07) is 19.8. The average molecular weight is 417 g/mol. The third kappa shape index (κ3) is 4.69. The summed E-state index contributed by atoms with van der Waals surface area (Å²) in [6.07, 6.45) is 3.64. The van der Waals surface area contributed by atoms with Gasteiger partial charge in [-0.05, 0) is 41.8 Å². The van der Waals surface area contributed by atoms with Crippen LogP contribution < -0.4 is 5.32 Å². The van der Waals surface area contributed by atoms with E-state index in [1.165, 1.54) is 12.1 Å². The van der Waals surface area contributed by atoms with Gasteiger partial charge in [-0.2, -0.15) is 5.10 Å². The molecule has 1 heterocycles. The molecular weight excluding hydrogens is 396 g/mol. The number of amides is 1. The van der Waals surface area contributed by atoms with E-state index in [2.05, 4.69) is 10.4 Å². The molecule has 0 unspecified atom stereocenters. The summed E-state index contributed by atoms with van der Waals surface area (Å²) < 4.78 is 29.1. The lowest BCUT2D eigenvalue weighted by molar-refractivity contribution is 0.0940. The van der Waals surface area contributed by atoms with Gasteiger partial charge in [-0.25, -0.2) is 8.78 Å². The van der Waals surface area contributed by atoms with Gasteiger partial charge in [-0.15, -0.1) is 0 Å². The van der Waals surface area contributed by atoms with E-state index in [0.717, 1.165) is 22.8 Å². The van der Waals surface area contributed by atoms with Crippen LogP contribution in [0, 0.1) is 11.6 Å². The molecule has 0 fully saturated rings. The van der Waals surface area contributed by atoms with Crippen LogP contribution >= 0.6 is 0 Å². The molecule has 4 nitrogen and oxygen atoms in total. The van der Waals surface area contributed by atoms with Gasteiger partial charge in [0, 0.05) is 29.6 Å². The third-order valence-electron chi connectivity index (χ3n) is 5.12. The van der Waals surface area contributed by atoms with Crippen LogP contribution in [-0.2, 0) is 6.54 Å². The number of halogens is 2. The molecule has 3 aromatic carbocycles. The van der Waals surface area contributed by atoms with Crippen molar-refractivity contribution in [3.05, 3.63) is 114 Å². The number of benzene rings is 3.